The Morgan fingerprint density at radius 1 is 0.405 bits per heavy atom. The normalized spacial score (nSPS) is 9.36. The van der Waals surface area contributed by atoms with Crippen molar-refractivity contribution in [2.24, 2.45) is 0 Å². The number of hydrogen-bond acceptors (Lipinski definition) is 0. The molecule has 0 saturated carbocycles. The smallest absolute Gasteiger partial charge is 0.0155 e. The standard InChI is InChI=1S/C13H14.C12H12.C10H14.C3H8.2C2H6/c1-3-11-8-10(2)13-7-5-4-6-12(13)9-11;1-9-7-10(2)12-6-4-3-5-11(12)8-9;1-4-10-6-8(2)5-9(3)7-10;1-3-2;2*1-2/h4-9H,3H2,1-2H3;3-8H,1-2H3;5-7H,4H2,1-3H3;3H2,1-2H3;2*1-2H3. The van der Waals surface area contributed by atoms with Gasteiger partial charge in [-0.15, -0.1) is 0 Å². The summed E-state index contributed by atoms with van der Waals surface area (Å²) in [7, 11) is 0. The minimum Gasteiger partial charge on any atom is -0.0683 e. The molecule has 5 aromatic rings. The summed E-state index contributed by atoms with van der Waals surface area (Å²) < 4.78 is 0. The molecule has 0 aliphatic carbocycles. The number of benzene rings is 5. The van der Waals surface area contributed by atoms with E-state index in [-0.39, 0.29) is 0 Å². The molecule has 0 unspecified atom stereocenters. The van der Waals surface area contributed by atoms with Crippen molar-refractivity contribution in [2.45, 2.75) is 109 Å². The molecule has 228 valence electrons. The van der Waals surface area contributed by atoms with Crippen LogP contribution >= 0.6 is 0 Å². The van der Waals surface area contributed by atoms with E-state index in [0.717, 1.165) is 12.8 Å². The van der Waals surface area contributed by atoms with E-state index < -0.39 is 0 Å². The Morgan fingerprint density at radius 2 is 0.762 bits per heavy atom. The fourth-order valence-electron chi connectivity index (χ4n) is 4.74. The van der Waals surface area contributed by atoms with E-state index in [4.69, 9.17) is 0 Å². The van der Waals surface area contributed by atoms with Crippen molar-refractivity contribution in [3.63, 3.8) is 0 Å². The van der Waals surface area contributed by atoms with E-state index in [0.29, 0.717) is 0 Å². The molecule has 0 radical (unpaired) electrons. The zero-order valence-corrected chi connectivity index (χ0v) is 29.3. The first-order chi connectivity index (χ1) is 20.2. The van der Waals surface area contributed by atoms with Gasteiger partial charge in [0.25, 0.3) is 0 Å². The van der Waals surface area contributed by atoms with E-state index in [1.165, 1.54) is 66.9 Å². The summed E-state index contributed by atoms with van der Waals surface area (Å²) in [5.41, 5.74) is 9.70. The third-order valence-electron chi connectivity index (χ3n) is 6.44. The van der Waals surface area contributed by atoms with Crippen molar-refractivity contribution in [3.8, 4) is 0 Å². The third-order valence-corrected chi connectivity index (χ3v) is 6.44. The molecular formula is C42H60. The quantitative estimate of drug-likeness (QED) is 0.200. The Hall–Kier alpha value is -3.38. The molecule has 0 fully saturated rings. The van der Waals surface area contributed by atoms with E-state index in [1.54, 1.807) is 0 Å². The van der Waals surface area contributed by atoms with Crippen LogP contribution in [0.15, 0.2) is 91.0 Å². The molecule has 0 heterocycles. The van der Waals surface area contributed by atoms with E-state index in [1.807, 2.05) is 27.7 Å². The molecule has 0 N–H and O–H groups in total. The first-order valence-corrected chi connectivity index (χ1v) is 16.2. The molecule has 0 saturated heterocycles. The van der Waals surface area contributed by atoms with Gasteiger partial charge < -0.3 is 0 Å². The van der Waals surface area contributed by atoms with Crippen LogP contribution < -0.4 is 0 Å². The first-order valence-electron chi connectivity index (χ1n) is 16.2. The predicted octanol–water partition coefficient (Wildman–Crippen LogP) is 13.5. The minimum absolute atomic E-state index is 1.12. The highest BCUT2D eigenvalue weighted by Crippen LogP contribution is 2.21. The zero-order chi connectivity index (χ0) is 32.1. The van der Waals surface area contributed by atoms with Crippen molar-refractivity contribution < 1.29 is 0 Å². The van der Waals surface area contributed by atoms with Gasteiger partial charge in [0.2, 0.25) is 0 Å². The number of hydrogen-bond donors (Lipinski definition) is 0. The summed E-state index contributed by atoms with van der Waals surface area (Å²) in [5, 5.41) is 5.44. The summed E-state index contributed by atoms with van der Waals surface area (Å²) in [6, 6.07) is 32.8. The molecule has 42 heavy (non-hydrogen) atoms. The van der Waals surface area contributed by atoms with Crippen LogP contribution in [-0.2, 0) is 12.8 Å². The highest BCUT2D eigenvalue weighted by atomic mass is 14.0. The van der Waals surface area contributed by atoms with E-state index >= 15 is 0 Å². The summed E-state index contributed by atoms with van der Waals surface area (Å²) in [4.78, 5) is 0. The maximum Gasteiger partial charge on any atom is -0.0155 e. The third kappa shape index (κ3) is 13.5. The van der Waals surface area contributed by atoms with Crippen molar-refractivity contribution >= 4 is 21.5 Å². The lowest BCUT2D eigenvalue weighted by Crippen LogP contribution is -1.84. The zero-order valence-electron chi connectivity index (χ0n) is 29.3. The minimum atomic E-state index is 1.12. The summed E-state index contributed by atoms with van der Waals surface area (Å²) in [5.74, 6) is 0. The molecule has 5 rings (SSSR count). The summed E-state index contributed by atoms with van der Waals surface area (Å²) >= 11 is 0. The molecule has 0 atom stereocenters. The van der Waals surface area contributed by atoms with Gasteiger partial charge in [-0.05, 0) is 91.3 Å². The van der Waals surface area contributed by atoms with Gasteiger partial charge in [-0.1, -0.05) is 169 Å². The van der Waals surface area contributed by atoms with Gasteiger partial charge in [0.05, 0.1) is 0 Å². The van der Waals surface area contributed by atoms with E-state index in [2.05, 4.69) is 153 Å². The van der Waals surface area contributed by atoms with E-state index in [9.17, 15) is 0 Å². The second-order valence-electron chi connectivity index (χ2n) is 10.3. The second kappa shape index (κ2) is 22.2. The lowest BCUT2D eigenvalue weighted by Gasteiger charge is -2.04. The fraction of sp³-hybridized carbons (Fsp3) is 0.381. The Kier molecular flexibility index (Phi) is 20.5. The summed E-state index contributed by atoms with van der Waals surface area (Å²) in [6.45, 7) is 27.4. The van der Waals surface area contributed by atoms with Gasteiger partial charge in [0.15, 0.2) is 0 Å². The van der Waals surface area contributed by atoms with Gasteiger partial charge in [0, 0.05) is 0 Å². The number of rotatable bonds is 2. The van der Waals surface area contributed by atoms with Crippen molar-refractivity contribution in [2.75, 3.05) is 0 Å². The topological polar surface area (TPSA) is 0 Å². The number of aryl methyl sites for hydroxylation is 7. The monoisotopic (exact) mass is 564 g/mol. The van der Waals surface area contributed by atoms with Crippen LogP contribution in [0.3, 0.4) is 0 Å². The SMILES string of the molecule is CC.CC.CCC.CCc1cc(C)c2ccccc2c1.CCc1cc(C)cc(C)c1.Cc1cc(C)c2ccccc2c1. The van der Waals surface area contributed by atoms with Crippen molar-refractivity contribution in [1.82, 2.24) is 0 Å². The average Bonchev–Trinajstić information content (AvgIpc) is 2.99. The highest BCUT2D eigenvalue weighted by Gasteiger charge is 1.98. The lowest BCUT2D eigenvalue weighted by atomic mass is 10.0. The summed E-state index contributed by atoms with van der Waals surface area (Å²) in [6.07, 6.45) is 3.51. The van der Waals surface area contributed by atoms with Gasteiger partial charge in [-0.25, -0.2) is 0 Å². The van der Waals surface area contributed by atoms with Gasteiger partial charge in [-0.3, -0.25) is 0 Å². The van der Waals surface area contributed by atoms with Gasteiger partial charge in [-0.2, -0.15) is 0 Å². The molecule has 0 aromatic heterocycles. The van der Waals surface area contributed by atoms with Gasteiger partial charge >= 0.3 is 0 Å². The molecular weight excluding hydrogens is 504 g/mol. The molecule has 0 amide bonds. The Bertz CT molecular complexity index is 1400. The molecule has 0 nitrogen and oxygen atoms in total. The van der Waals surface area contributed by atoms with Crippen LogP contribution in [0, 0.1) is 34.6 Å². The van der Waals surface area contributed by atoms with Crippen LogP contribution in [0.2, 0.25) is 0 Å². The fourth-order valence-corrected chi connectivity index (χ4v) is 4.74. The predicted molar refractivity (Wildman–Crippen MR) is 195 cm³/mol. The molecule has 0 bridgehead atoms. The Balaban J connectivity index is 0.000000545. The largest absolute Gasteiger partial charge is 0.0683 e. The molecule has 0 heteroatoms. The number of fused-ring (bicyclic) bond motifs is 2. The molecule has 0 aliphatic heterocycles. The Labute approximate surface area is 260 Å². The highest BCUT2D eigenvalue weighted by molar-refractivity contribution is 5.86. The van der Waals surface area contributed by atoms with Crippen molar-refractivity contribution in [1.29, 1.82) is 0 Å². The van der Waals surface area contributed by atoms with Crippen LogP contribution in [0.4, 0.5) is 0 Å². The average molecular weight is 565 g/mol. The maximum atomic E-state index is 2.28. The first kappa shape index (κ1) is 38.6. The van der Waals surface area contributed by atoms with Crippen LogP contribution in [0.25, 0.3) is 21.5 Å². The van der Waals surface area contributed by atoms with Crippen molar-refractivity contribution in [3.05, 3.63) is 130 Å². The lowest BCUT2D eigenvalue weighted by molar-refractivity contribution is 1.09. The van der Waals surface area contributed by atoms with Crippen LogP contribution in [0.1, 0.15) is 101 Å². The Morgan fingerprint density at radius 3 is 1.21 bits per heavy atom. The second-order valence-corrected chi connectivity index (χ2v) is 10.3. The van der Waals surface area contributed by atoms with Crippen LogP contribution in [-0.4, -0.2) is 0 Å². The van der Waals surface area contributed by atoms with Gasteiger partial charge in [0.1, 0.15) is 0 Å². The molecule has 0 spiro atoms. The molecule has 5 aromatic carbocycles. The maximum absolute atomic E-state index is 2.28. The molecule has 0 aliphatic rings. The van der Waals surface area contributed by atoms with Crippen LogP contribution in [0.5, 0.6) is 0 Å².